The van der Waals surface area contributed by atoms with Gasteiger partial charge in [0.1, 0.15) is 5.75 Å². The largest absolute Gasteiger partial charge is 0.465 e. The third-order valence-corrected chi connectivity index (χ3v) is 2.08. The van der Waals surface area contributed by atoms with Crippen LogP contribution in [0.5, 0.6) is 5.75 Å². The van der Waals surface area contributed by atoms with Crippen molar-refractivity contribution in [1.82, 2.24) is 0 Å². The van der Waals surface area contributed by atoms with Crippen LogP contribution in [0.3, 0.4) is 0 Å². The zero-order chi connectivity index (χ0) is 9.14. The van der Waals surface area contributed by atoms with Gasteiger partial charge in [0.15, 0.2) is 0 Å². The summed E-state index contributed by atoms with van der Waals surface area (Å²) in [6.45, 7) is 7.55. The molecule has 0 saturated heterocycles. The first kappa shape index (κ1) is 9.33. The van der Waals surface area contributed by atoms with Crippen LogP contribution in [0.4, 0.5) is 0 Å². The van der Waals surface area contributed by atoms with Crippen molar-refractivity contribution in [2.75, 3.05) is 0 Å². The van der Waals surface area contributed by atoms with E-state index in [1.165, 1.54) is 6.26 Å². The van der Waals surface area contributed by atoms with E-state index in [1.54, 1.807) is 0 Å². The summed E-state index contributed by atoms with van der Waals surface area (Å²) in [7, 11) is 0. The van der Waals surface area contributed by atoms with E-state index in [-0.39, 0.29) is 0 Å². The molecule has 0 fully saturated rings. The summed E-state index contributed by atoms with van der Waals surface area (Å²) in [5.74, 6) is 0.896. The van der Waals surface area contributed by atoms with Gasteiger partial charge in [-0.15, -0.1) is 0 Å². The number of hydrogen-bond acceptors (Lipinski definition) is 1. The van der Waals surface area contributed by atoms with Crippen molar-refractivity contribution in [1.29, 1.82) is 0 Å². The summed E-state index contributed by atoms with van der Waals surface area (Å²) in [4.78, 5) is 0. The lowest BCUT2D eigenvalue weighted by molar-refractivity contribution is 0.475. The van der Waals surface area contributed by atoms with E-state index in [4.69, 9.17) is 4.74 Å². The van der Waals surface area contributed by atoms with Crippen molar-refractivity contribution in [3.8, 4) is 5.75 Å². The molecule has 2 heteroatoms. The minimum absolute atomic E-state index is 0.896. The maximum Gasteiger partial charge on any atom is 0.132 e. The molecule has 1 aromatic carbocycles. The van der Waals surface area contributed by atoms with Crippen LogP contribution in [0.2, 0.25) is 0 Å². The molecule has 0 radical (unpaired) electrons. The molecule has 1 nitrogen and oxygen atoms in total. The van der Waals surface area contributed by atoms with Crippen LogP contribution in [0.15, 0.2) is 29.4 Å². The van der Waals surface area contributed by atoms with Gasteiger partial charge in [-0.2, -0.15) is 0 Å². The first-order chi connectivity index (χ1) is 5.65. The summed E-state index contributed by atoms with van der Waals surface area (Å²) >= 11 is 3.42. The standard InChI is InChI=1S/C10H11BrO/c1-4-12-10-7(2)5-9(11)6-8(10)3/h4-6H,1H2,2-3H3. The zero-order valence-electron chi connectivity index (χ0n) is 7.23. The van der Waals surface area contributed by atoms with Crippen LogP contribution in [-0.4, -0.2) is 0 Å². The average molecular weight is 227 g/mol. The van der Waals surface area contributed by atoms with Crippen LogP contribution in [0, 0.1) is 13.8 Å². The Balaban J connectivity index is 3.18. The number of halogens is 1. The lowest BCUT2D eigenvalue weighted by Crippen LogP contribution is -1.89. The Morgan fingerprint density at radius 1 is 1.33 bits per heavy atom. The molecular weight excluding hydrogens is 216 g/mol. The highest BCUT2D eigenvalue weighted by molar-refractivity contribution is 9.10. The smallest absolute Gasteiger partial charge is 0.132 e. The number of benzene rings is 1. The van der Waals surface area contributed by atoms with Gasteiger partial charge >= 0.3 is 0 Å². The van der Waals surface area contributed by atoms with Gasteiger partial charge in [0, 0.05) is 4.47 Å². The maximum atomic E-state index is 5.27. The minimum atomic E-state index is 0.896. The molecule has 0 spiro atoms. The lowest BCUT2D eigenvalue weighted by Gasteiger charge is -2.08. The van der Waals surface area contributed by atoms with E-state index < -0.39 is 0 Å². The van der Waals surface area contributed by atoms with E-state index in [1.807, 2.05) is 26.0 Å². The molecular formula is C10H11BrO. The topological polar surface area (TPSA) is 9.23 Å². The SMILES string of the molecule is C=COc1c(C)cc(Br)cc1C. The minimum Gasteiger partial charge on any atom is -0.465 e. The highest BCUT2D eigenvalue weighted by Crippen LogP contribution is 2.27. The molecule has 1 rings (SSSR count). The third kappa shape index (κ3) is 1.89. The Labute approximate surface area is 81.2 Å². The first-order valence-corrected chi connectivity index (χ1v) is 4.48. The summed E-state index contributed by atoms with van der Waals surface area (Å²) in [5, 5.41) is 0. The van der Waals surface area contributed by atoms with Crippen molar-refractivity contribution < 1.29 is 4.74 Å². The number of hydrogen-bond donors (Lipinski definition) is 0. The molecule has 0 aliphatic rings. The molecule has 0 aromatic heterocycles. The molecule has 0 aliphatic heterocycles. The maximum absolute atomic E-state index is 5.27. The zero-order valence-corrected chi connectivity index (χ0v) is 8.81. The Morgan fingerprint density at radius 2 is 1.83 bits per heavy atom. The van der Waals surface area contributed by atoms with Crippen LogP contribution >= 0.6 is 15.9 Å². The second-order valence-electron chi connectivity index (χ2n) is 2.65. The van der Waals surface area contributed by atoms with Gasteiger partial charge in [0.05, 0.1) is 6.26 Å². The fourth-order valence-electron chi connectivity index (χ4n) is 1.17. The molecule has 0 bridgehead atoms. The van der Waals surface area contributed by atoms with Gasteiger partial charge in [-0.05, 0) is 37.1 Å². The summed E-state index contributed by atoms with van der Waals surface area (Å²) in [6.07, 6.45) is 1.45. The second-order valence-corrected chi connectivity index (χ2v) is 3.57. The Morgan fingerprint density at radius 3 is 2.25 bits per heavy atom. The molecule has 0 unspecified atom stereocenters. The van der Waals surface area contributed by atoms with Gasteiger partial charge in [-0.25, -0.2) is 0 Å². The van der Waals surface area contributed by atoms with Gasteiger partial charge in [-0.3, -0.25) is 0 Å². The van der Waals surface area contributed by atoms with Crippen LogP contribution in [-0.2, 0) is 0 Å². The van der Waals surface area contributed by atoms with Crippen molar-refractivity contribution >= 4 is 15.9 Å². The van der Waals surface area contributed by atoms with Crippen molar-refractivity contribution in [2.45, 2.75) is 13.8 Å². The van der Waals surface area contributed by atoms with E-state index in [2.05, 4.69) is 22.5 Å². The van der Waals surface area contributed by atoms with Crippen LogP contribution < -0.4 is 4.74 Å². The van der Waals surface area contributed by atoms with Gasteiger partial charge in [0.25, 0.3) is 0 Å². The predicted octanol–water partition coefficient (Wildman–Crippen LogP) is 3.59. The highest BCUT2D eigenvalue weighted by atomic mass is 79.9. The molecule has 0 amide bonds. The van der Waals surface area contributed by atoms with Crippen LogP contribution in [0.25, 0.3) is 0 Å². The second kappa shape index (κ2) is 3.76. The fourth-order valence-corrected chi connectivity index (χ4v) is 1.85. The molecule has 0 aliphatic carbocycles. The summed E-state index contributed by atoms with van der Waals surface area (Å²) < 4.78 is 6.34. The van der Waals surface area contributed by atoms with E-state index in [0.717, 1.165) is 21.3 Å². The van der Waals surface area contributed by atoms with Crippen molar-refractivity contribution in [3.63, 3.8) is 0 Å². The first-order valence-electron chi connectivity index (χ1n) is 3.69. The van der Waals surface area contributed by atoms with E-state index in [0.29, 0.717) is 0 Å². The summed E-state index contributed by atoms with van der Waals surface area (Å²) in [5.41, 5.74) is 2.23. The predicted molar refractivity (Wildman–Crippen MR) is 54.4 cm³/mol. The molecule has 64 valence electrons. The molecule has 0 N–H and O–H groups in total. The lowest BCUT2D eigenvalue weighted by atomic mass is 10.1. The molecule has 12 heavy (non-hydrogen) atoms. The number of ether oxygens (including phenoxy) is 1. The van der Waals surface area contributed by atoms with Gasteiger partial charge in [-0.1, -0.05) is 22.5 Å². The number of aryl methyl sites for hydroxylation is 2. The van der Waals surface area contributed by atoms with E-state index >= 15 is 0 Å². The quantitative estimate of drug-likeness (QED) is 0.701. The normalized spacial score (nSPS) is 9.58. The van der Waals surface area contributed by atoms with Crippen molar-refractivity contribution in [3.05, 3.63) is 40.6 Å². The molecule has 0 saturated carbocycles. The Hall–Kier alpha value is -0.760. The Kier molecular flexibility index (Phi) is 2.93. The van der Waals surface area contributed by atoms with Crippen LogP contribution in [0.1, 0.15) is 11.1 Å². The monoisotopic (exact) mass is 226 g/mol. The molecule has 1 aromatic rings. The Bertz CT molecular complexity index is 282. The van der Waals surface area contributed by atoms with E-state index in [9.17, 15) is 0 Å². The summed E-state index contributed by atoms with van der Waals surface area (Å²) in [6, 6.07) is 4.04. The molecule has 0 atom stereocenters. The average Bonchev–Trinajstić information content (AvgIpc) is 1.96. The highest BCUT2D eigenvalue weighted by Gasteiger charge is 2.03. The van der Waals surface area contributed by atoms with Crippen molar-refractivity contribution in [2.24, 2.45) is 0 Å². The third-order valence-electron chi connectivity index (χ3n) is 1.63. The molecule has 0 heterocycles. The number of rotatable bonds is 2. The van der Waals surface area contributed by atoms with Gasteiger partial charge < -0.3 is 4.74 Å². The van der Waals surface area contributed by atoms with Gasteiger partial charge in [0.2, 0.25) is 0 Å². The fraction of sp³-hybridized carbons (Fsp3) is 0.200.